The first-order chi connectivity index (χ1) is 9.47. The number of amides is 1. The number of anilines is 1. The zero-order valence-corrected chi connectivity index (χ0v) is 10.7. The average molecular weight is 295 g/mol. The van der Waals surface area contributed by atoms with Crippen LogP contribution in [0, 0.1) is 5.82 Å². The summed E-state index contributed by atoms with van der Waals surface area (Å²) in [5, 5.41) is 11.4. The highest BCUT2D eigenvalue weighted by Gasteiger charge is 2.12. The van der Waals surface area contributed by atoms with Gasteiger partial charge in [-0.1, -0.05) is 11.6 Å². The number of carbonyl (C=O) groups excluding carboxylic acids is 1. The van der Waals surface area contributed by atoms with E-state index < -0.39 is 17.7 Å². The van der Waals surface area contributed by atoms with Crippen LogP contribution in [0.2, 0.25) is 5.02 Å². The molecule has 102 valence electrons. The first-order valence-electron chi connectivity index (χ1n) is 5.43. The van der Waals surface area contributed by atoms with Crippen LogP contribution in [0.3, 0.4) is 0 Å². The van der Waals surface area contributed by atoms with Gasteiger partial charge in [-0.2, -0.15) is 0 Å². The molecular weight excluding hydrogens is 287 g/mol. The van der Waals surface area contributed by atoms with Crippen LogP contribution in [0.1, 0.15) is 20.8 Å². The summed E-state index contributed by atoms with van der Waals surface area (Å²) in [6.45, 7) is 0. The maximum atomic E-state index is 13.5. The van der Waals surface area contributed by atoms with Gasteiger partial charge in [0.2, 0.25) is 0 Å². The molecule has 0 radical (unpaired) electrons. The minimum atomic E-state index is -1.26. The first-order valence-corrected chi connectivity index (χ1v) is 5.81. The number of pyridine rings is 1. The molecule has 2 aromatic rings. The third kappa shape index (κ3) is 3.10. The summed E-state index contributed by atoms with van der Waals surface area (Å²) < 4.78 is 13.5. The van der Waals surface area contributed by atoms with Crippen molar-refractivity contribution >= 4 is 29.2 Å². The van der Waals surface area contributed by atoms with Crippen molar-refractivity contribution < 1.29 is 19.1 Å². The molecule has 0 aliphatic heterocycles. The SMILES string of the molecule is O=C(Nc1cc(Cl)ccc1F)c1ccnc(C(=O)O)c1. The molecule has 2 N–H and O–H groups in total. The predicted molar refractivity (Wildman–Crippen MR) is 70.6 cm³/mol. The van der Waals surface area contributed by atoms with Gasteiger partial charge in [0.15, 0.2) is 0 Å². The second kappa shape index (κ2) is 5.66. The van der Waals surface area contributed by atoms with Crippen LogP contribution in [0.4, 0.5) is 10.1 Å². The standard InChI is InChI=1S/C13H8ClFN2O3/c14-8-1-2-9(15)10(6-8)17-12(18)7-3-4-16-11(5-7)13(19)20/h1-6H,(H,17,18)(H,19,20). The van der Waals surface area contributed by atoms with Crippen LogP contribution in [0.15, 0.2) is 36.5 Å². The van der Waals surface area contributed by atoms with E-state index in [9.17, 15) is 14.0 Å². The maximum absolute atomic E-state index is 13.5. The summed E-state index contributed by atoms with van der Waals surface area (Å²) in [5.41, 5.74) is -0.308. The minimum absolute atomic E-state index is 0.0526. The number of halogens is 2. The van der Waals surface area contributed by atoms with E-state index in [-0.39, 0.29) is 22.0 Å². The van der Waals surface area contributed by atoms with Gasteiger partial charge in [0, 0.05) is 16.8 Å². The molecule has 1 aromatic heterocycles. The van der Waals surface area contributed by atoms with Crippen molar-refractivity contribution in [2.24, 2.45) is 0 Å². The molecule has 1 amide bonds. The lowest BCUT2D eigenvalue weighted by Crippen LogP contribution is -2.14. The highest BCUT2D eigenvalue weighted by molar-refractivity contribution is 6.31. The third-order valence-corrected chi connectivity index (χ3v) is 2.65. The van der Waals surface area contributed by atoms with E-state index in [0.717, 1.165) is 12.1 Å². The van der Waals surface area contributed by atoms with Crippen LogP contribution in [0.25, 0.3) is 0 Å². The van der Waals surface area contributed by atoms with Gasteiger partial charge in [0.25, 0.3) is 5.91 Å². The number of aromatic nitrogens is 1. The Labute approximate surface area is 118 Å². The summed E-state index contributed by atoms with van der Waals surface area (Å²) in [6.07, 6.45) is 1.19. The molecule has 0 saturated heterocycles. The van der Waals surface area contributed by atoms with Crippen molar-refractivity contribution in [3.05, 3.63) is 58.6 Å². The zero-order valence-electron chi connectivity index (χ0n) is 9.93. The Hall–Kier alpha value is -2.47. The number of nitrogens with zero attached hydrogens (tertiary/aromatic N) is 1. The van der Waals surface area contributed by atoms with Crippen LogP contribution >= 0.6 is 11.6 Å². The van der Waals surface area contributed by atoms with Crippen LogP contribution in [-0.2, 0) is 0 Å². The topological polar surface area (TPSA) is 79.3 Å². The fraction of sp³-hybridized carbons (Fsp3) is 0. The lowest BCUT2D eigenvalue weighted by Gasteiger charge is -2.07. The quantitative estimate of drug-likeness (QED) is 0.912. The smallest absolute Gasteiger partial charge is 0.354 e. The Morgan fingerprint density at radius 2 is 2.00 bits per heavy atom. The van der Waals surface area contributed by atoms with Gasteiger partial charge < -0.3 is 10.4 Å². The molecular formula is C13H8ClFN2O3. The summed E-state index contributed by atoms with van der Waals surface area (Å²) in [4.78, 5) is 26.3. The van der Waals surface area contributed by atoms with E-state index in [1.807, 2.05) is 0 Å². The second-order valence-corrected chi connectivity index (χ2v) is 4.25. The monoisotopic (exact) mass is 294 g/mol. The van der Waals surface area contributed by atoms with E-state index in [0.29, 0.717) is 0 Å². The largest absolute Gasteiger partial charge is 0.477 e. The summed E-state index contributed by atoms with van der Waals surface area (Å²) in [5.74, 6) is -2.56. The molecule has 2 rings (SSSR count). The van der Waals surface area contributed by atoms with Crippen molar-refractivity contribution in [1.82, 2.24) is 4.98 Å². The van der Waals surface area contributed by atoms with Crippen molar-refractivity contribution in [3.8, 4) is 0 Å². The lowest BCUT2D eigenvalue weighted by atomic mass is 10.2. The summed E-state index contributed by atoms with van der Waals surface area (Å²) in [7, 11) is 0. The van der Waals surface area contributed by atoms with Crippen molar-refractivity contribution in [2.75, 3.05) is 5.32 Å². The van der Waals surface area contributed by atoms with Gasteiger partial charge in [-0.05, 0) is 30.3 Å². The number of hydrogen-bond donors (Lipinski definition) is 2. The third-order valence-electron chi connectivity index (χ3n) is 2.42. The molecule has 0 unspecified atom stereocenters. The van der Waals surface area contributed by atoms with Crippen LogP contribution in [0.5, 0.6) is 0 Å². The number of carboxylic acid groups (broad SMARTS) is 1. The Morgan fingerprint density at radius 3 is 2.70 bits per heavy atom. The fourth-order valence-electron chi connectivity index (χ4n) is 1.48. The first kappa shape index (κ1) is 14.0. The lowest BCUT2D eigenvalue weighted by molar-refractivity contribution is 0.0690. The van der Waals surface area contributed by atoms with E-state index >= 15 is 0 Å². The molecule has 1 heterocycles. The molecule has 0 aliphatic rings. The maximum Gasteiger partial charge on any atom is 0.354 e. The molecule has 0 saturated carbocycles. The Bertz CT molecular complexity index is 691. The number of hydrogen-bond acceptors (Lipinski definition) is 3. The number of benzene rings is 1. The van der Waals surface area contributed by atoms with Gasteiger partial charge in [0.05, 0.1) is 5.69 Å². The van der Waals surface area contributed by atoms with E-state index in [2.05, 4.69) is 10.3 Å². The van der Waals surface area contributed by atoms with E-state index in [1.165, 1.54) is 24.4 Å². The number of aromatic carboxylic acids is 1. The van der Waals surface area contributed by atoms with Gasteiger partial charge in [0.1, 0.15) is 11.5 Å². The normalized spacial score (nSPS) is 10.1. The van der Waals surface area contributed by atoms with Crippen LogP contribution in [-0.4, -0.2) is 22.0 Å². The molecule has 0 bridgehead atoms. The van der Waals surface area contributed by atoms with Gasteiger partial charge in [-0.15, -0.1) is 0 Å². The van der Waals surface area contributed by atoms with Gasteiger partial charge >= 0.3 is 5.97 Å². The average Bonchev–Trinajstić information content (AvgIpc) is 2.43. The molecule has 0 fully saturated rings. The molecule has 0 aliphatic carbocycles. The van der Waals surface area contributed by atoms with Gasteiger partial charge in [-0.25, -0.2) is 14.2 Å². The Kier molecular flexibility index (Phi) is 3.95. The number of carbonyl (C=O) groups is 2. The predicted octanol–water partition coefficient (Wildman–Crippen LogP) is 2.82. The van der Waals surface area contributed by atoms with Gasteiger partial charge in [-0.3, -0.25) is 4.79 Å². The minimum Gasteiger partial charge on any atom is -0.477 e. The van der Waals surface area contributed by atoms with E-state index in [1.54, 1.807) is 0 Å². The molecule has 20 heavy (non-hydrogen) atoms. The zero-order chi connectivity index (χ0) is 14.7. The molecule has 0 atom stereocenters. The molecule has 5 nitrogen and oxygen atoms in total. The number of rotatable bonds is 3. The molecule has 7 heteroatoms. The highest BCUT2D eigenvalue weighted by Crippen LogP contribution is 2.20. The second-order valence-electron chi connectivity index (χ2n) is 3.81. The fourth-order valence-corrected chi connectivity index (χ4v) is 1.65. The molecule has 0 spiro atoms. The van der Waals surface area contributed by atoms with E-state index in [4.69, 9.17) is 16.7 Å². The Morgan fingerprint density at radius 1 is 1.25 bits per heavy atom. The van der Waals surface area contributed by atoms with Crippen molar-refractivity contribution in [1.29, 1.82) is 0 Å². The number of nitrogens with one attached hydrogen (secondary N) is 1. The van der Waals surface area contributed by atoms with Crippen LogP contribution < -0.4 is 5.32 Å². The molecule has 1 aromatic carbocycles. The highest BCUT2D eigenvalue weighted by atomic mass is 35.5. The van der Waals surface area contributed by atoms with Crippen molar-refractivity contribution in [3.63, 3.8) is 0 Å². The number of carboxylic acids is 1. The summed E-state index contributed by atoms with van der Waals surface area (Å²) >= 11 is 5.71. The summed E-state index contributed by atoms with van der Waals surface area (Å²) in [6, 6.07) is 6.15. The Balaban J connectivity index is 2.26. The van der Waals surface area contributed by atoms with Crippen molar-refractivity contribution in [2.45, 2.75) is 0 Å².